The van der Waals surface area contributed by atoms with Gasteiger partial charge < -0.3 is 15.2 Å². The van der Waals surface area contributed by atoms with Crippen LogP contribution in [0.15, 0.2) is 24.3 Å². The molecule has 2 aliphatic rings. The molecule has 5 nitrogen and oxygen atoms in total. The molecular formula is C18H26N2O3. The molecule has 1 unspecified atom stereocenters. The number of amides is 1. The second kappa shape index (κ2) is 6.99. The molecule has 1 aromatic rings. The summed E-state index contributed by atoms with van der Waals surface area (Å²) >= 11 is 0. The first-order valence-electron chi connectivity index (χ1n) is 8.33. The van der Waals surface area contributed by atoms with Crippen molar-refractivity contribution in [2.45, 2.75) is 50.0 Å². The van der Waals surface area contributed by atoms with Crippen LogP contribution in [0.2, 0.25) is 0 Å². The summed E-state index contributed by atoms with van der Waals surface area (Å²) in [7, 11) is 3.39. The van der Waals surface area contributed by atoms with E-state index < -0.39 is 0 Å². The van der Waals surface area contributed by atoms with E-state index in [9.17, 15) is 4.79 Å². The van der Waals surface area contributed by atoms with Crippen molar-refractivity contribution in [3.63, 3.8) is 0 Å². The summed E-state index contributed by atoms with van der Waals surface area (Å²) in [5, 5.41) is 0. The Labute approximate surface area is 137 Å². The number of hydrogen-bond acceptors (Lipinski definition) is 4. The molecule has 23 heavy (non-hydrogen) atoms. The zero-order valence-electron chi connectivity index (χ0n) is 13.9. The van der Waals surface area contributed by atoms with Crippen molar-refractivity contribution in [2.24, 2.45) is 5.73 Å². The number of ether oxygens (including phenoxy) is 2. The molecule has 5 heteroatoms. The Bertz CT molecular complexity index is 545. The van der Waals surface area contributed by atoms with E-state index in [1.165, 1.54) is 18.4 Å². The molecule has 0 spiro atoms. The highest BCUT2D eigenvalue weighted by atomic mass is 16.7. The highest BCUT2D eigenvalue weighted by molar-refractivity contribution is 5.92. The fraction of sp³-hybridized carbons (Fsp3) is 0.611. The van der Waals surface area contributed by atoms with E-state index in [-0.39, 0.29) is 12.2 Å². The van der Waals surface area contributed by atoms with E-state index >= 15 is 0 Å². The van der Waals surface area contributed by atoms with Crippen molar-refractivity contribution in [1.82, 2.24) is 4.90 Å². The topological polar surface area (TPSA) is 64.8 Å². The van der Waals surface area contributed by atoms with Crippen LogP contribution in [0, 0.1) is 0 Å². The third kappa shape index (κ3) is 3.42. The van der Waals surface area contributed by atoms with Crippen molar-refractivity contribution in [3.8, 4) is 0 Å². The Morgan fingerprint density at radius 2 is 1.91 bits per heavy atom. The molecule has 1 aromatic carbocycles. The Morgan fingerprint density at radius 1 is 1.26 bits per heavy atom. The van der Waals surface area contributed by atoms with Crippen LogP contribution in [-0.4, -0.2) is 49.9 Å². The molecule has 3 rings (SSSR count). The number of benzene rings is 1. The van der Waals surface area contributed by atoms with E-state index in [2.05, 4.69) is 11.0 Å². The Balaban J connectivity index is 1.71. The SMILES string of the molecule is COC(CN1[C@@H]2CC[C@H]1CC(c1cccc(C(N)=O)c1)C2)OC. The second-order valence-electron chi connectivity index (χ2n) is 6.64. The molecule has 0 aromatic heterocycles. The van der Waals surface area contributed by atoms with Gasteiger partial charge in [0.2, 0.25) is 5.91 Å². The van der Waals surface area contributed by atoms with Gasteiger partial charge in [-0.3, -0.25) is 9.69 Å². The standard InChI is InChI=1S/C18H26N2O3/c1-22-17(23-2)11-20-15-6-7-16(20)10-14(9-15)12-4-3-5-13(8-12)18(19)21/h3-5,8,14-17H,6-7,9-11H2,1-2H3,(H2,19,21)/t14?,15-,16+. The smallest absolute Gasteiger partial charge is 0.248 e. The number of piperidine rings is 1. The monoisotopic (exact) mass is 318 g/mol. The Morgan fingerprint density at radius 3 is 2.48 bits per heavy atom. The van der Waals surface area contributed by atoms with Crippen molar-refractivity contribution >= 4 is 5.91 Å². The average Bonchev–Trinajstić information content (AvgIpc) is 2.80. The average molecular weight is 318 g/mol. The third-order valence-electron chi connectivity index (χ3n) is 5.41. The van der Waals surface area contributed by atoms with E-state index in [0.717, 1.165) is 19.4 Å². The number of nitrogens with zero attached hydrogens (tertiary/aromatic N) is 1. The van der Waals surface area contributed by atoms with Gasteiger partial charge in [-0.15, -0.1) is 0 Å². The number of fused-ring (bicyclic) bond motifs is 2. The quantitative estimate of drug-likeness (QED) is 0.816. The molecule has 2 N–H and O–H groups in total. The molecule has 2 aliphatic heterocycles. The van der Waals surface area contributed by atoms with E-state index in [1.807, 2.05) is 12.1 Å². The number of nitrogens with two attached hydrogens (primary N) is 1. The van der Waals surface area contributed by atoms with Crippen LogP contribution < -0.4 is 5.73 Å². The highest BCUT2D eigenvalue weighted by Crippen LogP contribution is 2.43. The third-order valence-corrected chi connectivity index (χ3v) is 5.41. The normalized spacial score (nSPS) is 27.5. The molecule has 0 radical (unpaired) electrons. The minimum absolute atomic E-state index is 0.159. The highest BCUT2D eigenvalue weighted by Gasteiger charge is 2.41. The zero-order valence-corrected chi connectivity index (χ0v) is 13.9. The van der Waals surface area contributed by atoms with Gasteiger partial charge in [-0.1, -0.05) is 12.1 Å². The Hall–Kier alpha value is -1.43. The summed E-state index contributed by atoms with van der Waals surface area (Å²) in [5.74, 6) is 0.155. The summed E-state index contributed by atoms with van der Waals surface area (Å²) in [5.41, 5.74) is 7.26. The first-order valence-corrected chi connectivity index (χ1v) is 8.33. The summed E-state index contributed by atoms with van der Waals surface area (Å²) in [6, 6.07) is 8.97. The number of carbonyl (C=O) groups excluding carboxylic acids is 1. The van der Waals surface area contributed by atoms with E-state index in [4.69, 9.17) is 15.2 Å². The van der Waals surface area contributed by atoms with Gasteiger partial charge in [0.1, 0.15) is 0 Å². The lowest BCUT2D eigenvalue weighted by atomic mass is 9.84. The van der Waals surface area contributed by atoms with Crippen molar-refractivity contribution < 1.29 is 14.3 Å². The molecule has 126 valence electrons. The fourth-order valence-corrected chi connectivity index (χ4v) is 4.21. The second-order valence-corrected chi connectivity index (χ2v) is 6.64. The predicted octanol–water partition coefficient (Wildman–Crippen LogP) is 2.11. The molecular weight excluding hydrogens is 292 g/mol. The minimum Gasteiger partial charge on any atom is -0.366 e. The van der Waals surface area contributed by atoms with E-state index in [0.29, 0.717) is 23.6 Å². The molecule has 0 saturated carbocycles. The summed E-state index contributed by atoms with van der Waals surface area (Å²) in [6.45, 7) is 0.830. The van der Waals surface area contributed by atoms with Crippen LogP contribution in [0.25, 0.3) is 0 Å². The van der Waals surface area contributed by atoms with Gasteiger partial charge in [-0.2, -0.15) is 0 Å². The molecule has 0 aliphatic carbocycles. The lowest BCUT2D eigenvalue weighted by Gasteiger charge is -2.40. The number of rotatable bonds is 6. The summed E-state index contributed by atoms with van der Waals surface area (Å²) < 4.78 is 10.7. The van der Waals surface area contributed by atoms with Gasteiger partial charge in [-0.25, -0.2) is 0 Å². The van der Waals surface area contributed by atoms with Gasteiger partial charge in [0.15, 0.2) is 6.29 Å². The van der Waals surface area contributed by atoms with Crippen molar-refractivity contribution in [2.75, 3.05) is 20.8 Å². The van der Waals surface area contributed by atoms with Gasteiger partial charge in [0.05, 0.1) is 6.54 Å². The van der Waals surface area contributed by atoms with Gasteiger partial charge in [-0.05, 0) is 49.3 Å². The van der Waals surface area contributed by atoms with E-state index in [1.54, 1.807) is 20.3 Å². The first-order chi connectivity index (χ1) is 11.1. The molecule has 1 amide bonds. The Kier molecular flexibility index (Phi) is 4.99. The van der Waals surface area contributed by atoms with Crippen LogP contribution in [0.1, 0.15) is 47.5 Å². The molecule has 2 fully saturated rings. The largest absolute Gasteiger partial charge is 0.366 e. The lowest BCUT2D eigenvalue weighted by molar-refractivity contribution is -0.125. The van der Waals surface area contributed by atoms with Crippen LogP contribution >= 0.6 is 0 Å². The number of hydrogen-bond donors (Lipinski definition) is 1. The predicted molar refractivity (Wildman–Crippen MR) is 88.3 cm³/mol. The maximum atomic E-state index is 11.4. The number of primary amides is 1. The summed E-state index contributed by atoms with van der Waals surface area (Å²) in [6.07, 6.45) is 4.55. The van der Waals surface area contributed by atoms with Crippen molar-refractivity contribution in [3.05, 3.63) is 35.4 Å². The van der Waals surface area contributed by atoms with Crippen LogP contribution in [0.3, 0.4) is 0 Å². The molecule has 2 heterocycles. The number of carbonyl (C=O) groups is 1. The summed E-state index contributed by atoms with van der Waals surface area (Å²) in [4.78, 5) is 14.0. The molecule has 2 saturated heterocycles. The van der Waals surface area contributed by atoms with Crippen LogP contribution in [-0.2, 0) is 9.47 Å². The first kappa shape index (κ1) is 16.4. The minimum atomic E-state index is -0.352. The molecule has 3 atom stereocenters. The fourth-order valence-electron chi connectivity index (χ4n) is 4.21. The van der Waals surface area contributed by atoms with Crippen molar-refractivity contribution in [1.29, 1.82) is 0 Å². The lowest BCUT2D eigenvalue weighted by Crippen LogP contribution is -2.46. The van der Waals surface area contributed by atoms with Crippen LogP contribution in [0.4, 0.5) is 0 Å². The van der Waals surface area contributed by atoms with Gasteiger partial charge >= 0.3 is 0 Å². The molecule has 2 bridgehead atoms. The maximum absolute atomic E-state index is 11.4. The number of methoxy groups -OCH3 is 2. The van der Waals surface area contributed by atoms with Gasteiger partial charge in [0, 0.05) is 31.9 Å². The zero-order chi connectivity index (χ0) is 16.4. The van der Waals surface area contributed by atoms with Crippen LogP contribution in [0.5, 0.6) is 0 Å². The van der Waals surface area contributed by atoms with Gasteiger partial charge in [0.25, 0.3) is 0 Å². The maximum Gasteiger partial charge on any atom is 0.248 e.